The first kappa shape index (κ1) is 43.8. The maximum Gasteiger partial charge on any atom is 0.416 e. The number of likely N-dealkylation sites (tertiary alicyclic amines) is 1. The molecule has 0 aromatic carbocycles. The number of terminal acetylenes is 1. The van der Waals surface area contributed by atoms with E-state index in [4.69, 9.17) is 0 Å². The Bertz CT molecular complexity index is 898. The zero-order chi connectivity index (χ0) is 33.1. The standard InChI is InChI=1S/C26H38F3N3.C4H10.2C2H6.C2H2/c1-6-10-20(18-21(11-7-2)26(27,28)29)15-16-24-23(14-9-17-32(24)5)31-25(30-4)22-13-8-12-19(22)3;1-3-4-2;3*1-2/h6,10-11,16,18,23H,7-9,12-15,17H2,1-5H3,(H,30,31);3-4H2,1-2H3;2*1-2H3;1-2H/b10-6-,20-18+,21-11-,24-16-;;;;. The van der Waals surface area contributed by atoms with Gasteiger partial charge in [-0.1, -0.05) is 91.2 Å². The average molecular weight is 594 g/mol. The molecule has 42 heavy (non-hydrogen) atoms. The van der Waals surface area contributed by atoms with E-state index in [1.165, 1.54) is 42.6 Å². The lowest BCUT2D eigenvalue weighted by Gasteiger charge is -2.36. The number of nitrogens with zero attached hydrogens (tertiary/aromatic N) is 2. The van der Waals surface area contributed by atoms with E-state index in [-0.39, 0.29) is 6.04 Å². The lowest BCUT2D eigenvalue weighted by molar-refractivity contribution is -0.0884. The summed E-state index contributed by atoms with van der Waals surface area (Å²) < 4.78 is 40.2. The van der Waals surface area contributed by atoms with Crippen LogP contribution in [0.2, 0.25) is 0 Å². The van der Waals surface area contributed by atoms with Crippen molar-refractivity contribution in [1.29, 1.82) is 0 Å². The van der Waals surface area contributed by atoms with E-state index in [1.807, 2.05) is 41.7 Å². The highest BCUT2D eigenvalue weighted by Gasteiger charge is 2.32. The predicted molar refractivity (Wildman–Crippen MR) is 182 cm³/mol. The Balaban J connectivity index is -0.00000135. The van der Waals surface area contributed by atoms with Crippen molar-refractivity contribution in [2.24, 2.45) is 4.99 Å². The van der Waals surface area contributed by atoms with E-state index in [2.05, 4.69) is 62.0 Å². The largest absolute Gasteiger partial charge is 0.416 e. The number of halogens is 3. The highest BCUT2D eigenvalue weighted by Crippen LogP contribution is 2.30. The molecule has 0 aromatic rings. The summed E-state index contributed by atoms with van der Waals surface area (Å²) in [5.41, 5.74) is 3.90. The molecule has 0 bridgehead atoms. The number of piperidine rings is 1. The third-order valence-corrected chi connectivity index (χ3v) is 6.62. The first-order valence-electron chi connectivity index (χ1n) is 15.9. The van der Waals surface area contributed by atoms with Gasteiger partial charge in [0.25, 0.3) is 0 Å². The van der Waals surface area contributed by atoms with E-state index in [0.29, 0.717) is 18.4 Å². The van der Waals surface area contributed by atoms with Crippen LogP contribution in [0.4, 0.5) is 13.2 Å². The first-order chi connectivity index (χ1) is 20.1. The van der Waals surface area contributed by atoms with Crippen molar-refractivity contribution < 1.29 is 13.2 Å². The van der Waals surface area contributed by atoms with Gasteiger partial charge >= 0.3 is 6.18 Å². The Hall–Kier alpha value is -2.68. The smallest absolute Gasteiger partial charge is 0.376 e. The van der Waals surface area contributed by atoms with Gasteiger partial charge in [0.2, 0.25) is 0 Å². The van der Waals surface area contributed by atoms with E-state index >= 15 is 0 Å². The van der Waals surface area contributed by atoms with Gasteiger partial charge in [0, 0.05) is 26.3 Å². The fourth-order valence-corrected chi connectivity index (χ4v) is 4.47. The first-order valence-corrected chi connectivity index (χ1v) is 15.9. The Labute approximate surface area is 258 Å². The zero-order valence-electron chi connectivity index (χ0n) is 28.7. The maximum absolute atomic E-state index is 13.4. The van der Waals surface area contributed by atoms with Crippen LogP contribution >= 0.6 is 0 Å². The number of aliphatic imine (C=N–C) groups is 1. The van der Waals surface area contributed by atoms with Crippen LogP contribution in [-0.2, 0) is 0 Å². The molecule has 0 radical (unpaired) electrons. The molecule has 0 spiro atoms. The highest BCUT2D eigenvalue weighted by atomic mass is 19.4. The molecule has 1 aliphatic carbocycles. The van der Waals surface area contributed by atoms with Gasteiger partial charge in [-0.2, -0.15) is 13.2 Å². The second-order valence-corrected chi connectivity index (χ2v) is 9.56. The van der Waals surface area contributed by atoms with Crippen molar-refractivity contribution in [2.75, 3.05) is 20.6 Å². The van der Waals surface area contributed by atoms with Gasteiger partial charge in [-0.15, -0.1) is 12.8 Å². The van der Waals surface area contributed by atoms with Gasteiger partial charge in [0.05, 0.1) is 11.6 Å². The van der Waals surface area contributed by atoms with Crippen LogP contribution in [0.25, 0.3) is 0 Å². The van der Waals surface area contributed by atoms with Crippen molar-refractivity contribution in [1.82, 2.24) is 10.2 Å². The average Bonchev–Trinajstić information content (AvgIpc) is 3.43. The number of amidine groups is 1. The molecule has 1 atom stereocenters. The second-order valence-electron chi connectivity index (χ2n) is 9.56. The Morgan fingerprint density at radius 2 is 1.64 bits per heavy atom. The fraction of sp³-hybridized carbons (Fsp3) is 0.639. The van der Waals surface area contributed by atoms with Crippen molar-refractivity contribution in [3.63, 3.8) is 0 Å². The van der Waals surface area contributed by atoms with Gasteiger partial charge in [-0.25, -0.2) is 0 Å². The van der Waals surface area contributed by atoms with Crippen molar-refractivity contribution in [2.45, 2.75) is 132 Å². The minimum atomic E-state index is -4.35. The lowest BCUT2D eigenvalue weighted by Crippen LogP contribution is -2.45. The minimum absolute atomic E-state index is 0.105. The third kappa shape index (κ3) is 17.3. The molecule has 1 fully saturated rings. The molecule has 3 nitrogen and oxygen atoms in total. The summed E-state index contributed by atoms with van der Waals surface area (Å²) in [6.45, 7) is 19.0. The lowest BCUT2D eigenvalue weighted by atomic mass is 9.98. The molecule has 1 saturated heterocycles. The summed E-state index contributed by atoms with van der Waals surface area (Å²) in [4.78, 5) is 6.74. The van der Waals surface area contributed by atoms with Crippen LogP contribution in [0, 0.1) is 12.8 Å². The van der Waals surface area contributed by atoms with Crippen LogP contribution in [0.5, 0.6) is 0 Å². The normalized spacial score (nSPS) is 18.7. The quantitative estimate of drug-likeness (QED) is 0.131. The Kier molecular flexibility index (Phi) is 28.3. The molecular formula is C36H62F3N3. The molecule has 1 heterocycles. The molecule has 1 N–H and O–H groups in total. The molecule has 2 rings (SSSR count). The monoisotopic (exact) mass is 593 g/mol. The van der Waals surface area contributed by atoms with E-state index in [1.54, 1.807) is 19.1 Å². The van der Waals surface area contributed by atoms with Crippen molar-refractivity contribution >= 4 is 5.84 Å². The van der Waals surface area contributed by atoms with Crippen LogP contribution in [0.1, 0.15) is 120 Å². The van der Waals surface area contributed by atoms with Gasteiger partial charge in [0.1, 0.15) is 5.84 Å². The molecule has 0 saturated carbocycles. The minimum Gasteiger partial charge on any atom is -0.376 e. The summed E-state index contributed by atoms with van der Waals surface area (Å²) in [6, 6.07) is 0.105. The van der Waals surface area contributed by atoms with Crippen LogP contribution in [0.3, 0.4) is 0 Å². The number of hydrogen-bond acceptors (Lipinski definition) is 2. The summed E-state index contributed by atoms with van der Waals surface area (Å²) in [5, 5.41) is 3.65. The highest BCUT2D eigenvalue weighted by molar-refractivity contribution is 5.99. The van der Waals surface area contributed by atoms with Crippen molar-refractivity contribution in [3.05, 3.63) is 58.4 Å². The number of allylic oxidation sites excluding steroid dienone is 8. The third-order valence-electron chi connectivity index (χ3n) is 6.62. The predicted octanol–water partition coefficient (Wildman–Crippen LogP) is 11.0. The summed E-state index contributed by atoms with van der Waals surface area (Å²) >= 11 is 0. The van der Waals surface area contributed by atoms with E-state index in [0.717, 1.165) is 43.8 Å². The number of rotatable bonds is 8. The van der Waals surface area contributed by atoms with Gasteiger partial charge < -0.3 is 10.2 Å². The summed E-state index contributed by atoms with van der Waals surface area (Å²) in [7, 11) is 3.88. The topological polar surface area (TPSA) is 27.6 Å². The number of likely N-dealkylation sites (N-methyl/N-ethyl adjacent to an activating group) is 1. The number of unbranched alkanes of at least 4 members (excludes halogenated alkanes) is 1. The van der Waals surface area contributed by atoms with Gasteiger partial charge in [0.15, 0.2) is 0 Å². The zero-order valence-corrected chi connectivity index (χ0v) is 28.7. The van der Waals surface area contributed by atoms with Crippen molar-refractivity contribution in [3.8, 4) is 12.8 Å². The number of hydrogen-bond donors (Lipinski definition) is 1. The van der Waals surface area contributed by atoms with Crippen LogP contribution in [0.15, 0.2) is 63.4 Å². The van der Waals surface area contributed by atoms with Crippen LogP contribution in [-0.4, -0.2) is 43.6 Å². The second kappa shape index (κ2) is 27.2. The molecule has 242 valence electrons. The molecule has 1 aliphatic heterocycles. The SMILES string of the molecule is C#C.CC.CC.CCCC.C\C=C/C(=C\C(=C\CC)C(F)(F)F)C/C=C1/C(NC(=NC)C2=C(C)CCC2)CCCN1C. The fourth-order valence-electron chi connectivity index (χ4n) is 4.47. The Morgan fingerprint density at radius 1 is 1.05 bits per heavy atom. The number of nitrogens with one attached hydrogen (secondary N) is 1. The Morgan fingerprint density at radius 3 is 2.07 bits per heavy atom. The molecule has 6 heteroatoms. The maximum atomic E-state index is 13.4. The number of alkyl halides is 3. The van der Waals surface area contributed by atoms with Gasteiger partial charge in [-0.05, 0) is 76.0 Å². The molecule has 0 aromatic heterocycles. The van der Waals surface area contributed by atoms with Gasteiger partial charge in [-0.3, -0.25) is 4.99 Å². The van der Waals surface area contributed by atoms with E-state index in [9.17, 15) is 13.2 Å². The molecule has 2 aliphatic rings. The summed E-state index contributed by atoms with van der Waals surface area (Å²) in [5.74, 6) is 0.959. The molecule has 0 amide bonds. The van der Waals surface area contributed by atoms with E-state index < -0.39 is 11.7 Å². The molecular weight excluding hydrogens is 531 g/mol. The van der Waals surface area contributed by atoms with Crippen LogP contribution < -0.4 is 5.32 Å². The summed E-state index contributed by atoms with van der Waals surface area (Å²) in [6.07, 6.45) is 20.6. The molecule has 1 unspecified atom stereocenters.